The van der Waals surface area contributed by atoms with E-state index in [1.165, 1.54) is 12.1 Å². The lowest BCUT2D eigenvalue weighted by Gasteiger charge is -2.22. The molecule has 0 aliphatic rings. The van der Waals surface area contributed by atoms with Gasteiger partial charge in [-0.25, -0.2) is 9.37 Å². The van der Waals surface area contributed by atoms with Gasteiger partial charge >= 0.3 is 0 Å². The van der Waals surface area contributed by atoms with Crippen LogP contribution in [-0.4, -0.2) is 9.97 Å². The van der Waals surface area contributed by atoms with E-state index in [0.29, 0.717) is 23.5 Å². The number of aromatic nitrogens is 2. The summed E-state index contributed by atoms with van der Waals surface area (Å²) in [7, 11) is 0. The Bertz CT molecular complexity index is 1150. The molecule has 0 radical (unpaired) electrons. The van der Waals surface area contributed by atoms with Crippen molar-refractivity contribution in [3.05, 3.63) is 76.1 Å². The fraction of sp³-hybridized carbons (Fsp3) is 0.238. The minimum Gasteiger partial charge on any atom is -0.449 e. The van der Waals surface area contributed by atoms with E-state index in [4.69, 9.17) is 4.42 Å². The van der Waals surface area contributed by atoms with Crippen LogP contribution in [0, 0.1) is 11.7 Å². The first kappa shape index (κ1) is 17.4. The minimum absolute atomic E-state index is 0.00712. The summed E-state index contributed by atoms with van der Waals surface area (Å²) in [5.74, 6) is 0.553. The second kappa shape index (κ2) is 6.96. The van der Waals surface area contributed by atoms with E-state index in [1.54, 1.807) is 12.1 Å². The van der Waals surface area contributed by atoms with Gasteiger partial charge in [0.25, 0.3) is 5.56 Å². The molecule has 27 heavy (non-hydrogen) atoms. The molecule has 5 nitrogen and oxygen atoms in total. The molecular formula is C21H20FN3O2. The maximum Gasteiger partial charge on any atom is 0.294 e. The van der Waals surface area contributed by atoms with Gasteiger partial charge in [-0.2, -0.15) is 0 Å². The molecule has 0 saturated heterocycles. The summed E-state index contributed by atoms with van der Waals surface area (Å²) in [6.45, 7) is 4.55. The lowest BCUT2D eigenvalue weighted by molar-refractivity contribution is 0.405. The van der Waals surface area contributed by atoms with Crippen molar-refractivity contribution in [2.75, 3.05) is 0 Å². The van der Waals surface area contributed by atoms with Crippen molar-refractivity contribution < 1.29 is 8.81 Å². The summed E-state index contributed by atoms with van der Waals surface area (Å²) in [4.78, 5) is 19.8. The number of benzene rings is 2. The molecule has 2 heterocycles. The number of rotatable bonds is 5. The first-order valence-electron chi connectivity index (χ1n) is 8.92. The molecule has 4 rings (SSSR count). The van der Waals surface area contributed by atoms with Gasteiger partial charge in [0.1, 0.15) is 22.7 Å². The summed E-state index contributed by atoms with van der Waals surface area (Å²) < 4.78 is 18.8. The normalized spacial score (nSPS) is 12.9. The second-order valence-corrected chi connectivity index (χ2v) is 6.94. The van der Waals surface area contributed by atoms with Gasteiger partial charge in [-0.3, -0.25) is 4.79 Å². The lowest BCUT2D eigenvalue weighted by Crippen LogP contribution is -2.27. The molecule has 2 N–H and O–H groups in total. The summed E-state index contributed by atoms with van der Waals surface area (Å²) >= 11 is 0. The fourth-order valence-corrected chi connectivity index (χ4v) is 3.35. The Hall–Kier alpha value is -2.99. The molecule has 2 aromatic carbocycles. The molecule has 0 fully saturated rings. The highest BCUT2D eigenvalue weighted by Gasteiger charge is 2.17. The number of fused-ring (bicyclic) bond motifs is 3. The van der Waals surface area contributed by atoms with Crippen LogP contribution in [0.15, 0.2) is 57.7 Å². The molecule has 0 aliphatic carbocycles. The van der Waals surface area contributed by atoms with Crippen molar-refractivity contribution in [1.82, 2.24) is 15.3 Å². The molecule has 0 saturated carbocycles. The first-order chi connectivity index (χ1) is 13.0. The van der Waals surface area contributed by atoms with Crippen molar-refractivity contribution in [3.63, 3.8) is 0 Å². The molecule has 0 amide bonds. The molecule has 0 spiro atoms. The molecular weight excluding hydrogens is 345 g/mol. The lowest BCUT2D eigenvalue weighted by atomic mass is 9.96. The minimum atomic E-state index is -0.295. The predicted octanol–water partition coefficient (Wildman–Crippen LogP) is 4.30. The summed E-state index contributed by atoms with van der Waals surface area (Å²) in [5, 5.41) is 4.24. The highest BCUT2D eigenvalue weighted by atomic mass is 19.1. The number of hydrogen-bond donors (Lipinski definition) is 2. The van der Waals surface area contributed by atoms with Crippen LogP contribution < -0.4 is 10.9 Å². The SMILES string of the molecule is CC(C)[C@H](NCc1nc2c(oc3ccccc32)c(=O)[nH]1)c1ccc(F)cc1. The van der Waals surface area contributed by atoms with Crippen molar-refractivity contribution in [2.45, 2.75) is 26.4 Å². The summed E-state index contributed by atoms with van der Waals surface area (Å²) in [5.41, 5.74) is 2.13. The third kappa shape index (κ3) is 3.36. The van der Waals surface area contributed by atoms with Gasteiger partial charge < -0.3 is 14.7 Å². The van der Waals surface area contributed by atoms with Gasteiger partial charge in [0, 0.05) is 11.4 Å². The maximum absolute atomic E-state index is 13.2. The topological polar surface area (TPSA) is 70.9 Å². The smallest absolute Gasteiger partial charge is 0.294 e. The Morgan fingerprint density at radius 3 is 2.63 bits per heavy atom. The largest absolute Gasteiger partial charge is 0.449 e. The number of aromatic amines is 1. The summed E-state index contributed by atoms with van der Waals surface area (Å²) in [6.07, 6.45) is 0. The number of nitrogens with one attached hydrogen (secondary N) is 2. The highest BCUT2D eigenvalue weighted by molar-refractivity contribution is 6.01. The Morgan fingerprint density at radius 2 is 1.89 bits per heavy atom. The average molecular weight is 365 g/mol. The van der Waals surface area contributed by atoms with Crippen LogP contribution in [-0.2, 0) is 6.54 Å². The van der Waals surface area contributed by atoms with Gasteiger partial charge in [-0.05, 0) is 35.7 Å². The van der Waals surface area contributed by atoms with Crippen molar-refractivity contribution in [3.8, 4) is 0 Å². The number of furan rings is 1. The molecule has 138 valence electrons. The zero-order chi connectivity index (χ0) is 19.0. The zero-order valence-corrected chi connectivity index (χ0v) is 15.1. The Kier molecular flexibility index (Phi) is 4.49. The van der Waals surface area contributed by atoms with E-state index in [2.05, 4.69) is 29.1 Å². The van der Waals surface area contributed by atoms with Crippen LogP contribution >= 0.6 is 0 Å². The fourth-order valence-electron chi connectivity index (χ4n) is 3.35. The average Bonchev–Trinajstić information content (AvgIpc) is 3.03. The van der Waals surface area contributed by atoms with E-state index in [0.717, 1.165) is 10.9 Å². The molecule has 0 aliphatic heterocycles. The van der Waals surface area contributed by atoms with E-state index in [9.17, 15) is 9.18 Å². The molecule has 6 heteroatoms. The first-order valence-corrected chi connectivity index (χ1v) is 8.92. The maximum atomic E-state index is 13.2. The second-order valence-electron chi connectivity index (χ2n) is 6.94. The van der Waals surface area contributed by atoms with Crippen LogP contribution in [0.3, 0.4) is 0 Å². The van der Waals surface area contributed by atoms with E-state index < -0.39 is 0 Å². The number of para-hydroxylation sites is 1. The van der Waals surface area contributed by atoms with Crippen LogP contribution in [0.2, 0.25) is 0 Å². The monoisotopic (exact) mass is 365 g/mol. The predicted molar refractivity (Wildman–Crippen MR) is 103 cm³/mol. The van der Waals surface area contributed by atoms with Crippen LogP contribution in [0.25, 0.3) is 22.1 Å². The Balaban J connectivity index is 1.65. The van der Waals surface area contributed by atoms with Crippen LogP contribution in [0.1, 0.15) is 31.3 Å². The van der Waals surface area contributed by atoms with Gasteiger partial charge in [0.05, 0.1) is 6.54 Å². The van der Waals surface area contributed by atoms with Crippen LogP contribution in [0.5, 0.6) is 0 Å². The van der Waals surface area contributed by atoms with Gasteiger partial charge in [-0.15, -0.1) is 0 Å². The van der Waals surface area contributed by atoms with Crippen molar-refractivity contribution in [1.29, 1.82) is 0 Å². The standard InChI is InChI=1S/C21H20FN3O2/c1-12(2)18(13-7-9-14(22)10-8-13)23-11-17-24-19-15-5-3-4-6-16(15)27-20(19)21(26)25-17/h3-10,12,18,23H,11H2,1-2H3,(H,24,25,26)/t18-/m0/s1. The highest BCUT2D eigenvalue weighted by Crippen LogP contribution is 2.25. The number of halogens is 1. The molecule has 0 bridgehead atoms. The van der Waals surface area contributed by atoms with Gasteiger partial charge in [0.2, 0.25) is 5.58 Å². The quantitative estimate of drug-likeness (QED) is 0.553. The number of hydrogen-bond acceptors (Lipinski definition) is 4. The van der Waals surface area contributed by atoms with Gasteiger partial charge in [0.15, 0.2) is 0 Å². The van der Waals surface area contributed by atoms with Crippen LogP contribution in [0.4, 0.5) is 4.39 Å². The molecule has 0 unspecified atom stereocenters. The summed E-state index contributed by atoms with van der Waals surface area (Å²) in [6, 6.07) is 13.9. The van der Waals surface area contributed by atoms with Gasteiger partial charge in [-0.1, -0.05) is 38.1 Å². The Morgan fingerprint density at radius 1 is 1.15 bits per heavy atom. The Labute approximate surface area is 155 Å². The van der Waals surface area contributed by atoms with Crippen molar-refractivity contribution in [2.24, 2.45) is 5.92 Å². The third-order valence-electron chi connectivity index (χ3n) is 4.67. The number of H-pyrrole nitrogens is 1. The third-order valence-corrected chi connectivity index (χ3v) is 4.67. The van der Waals surface area contributed by atoms with E-state index in [-0.39, 0.29) is 28.9 Å². The zero-order valence-electron chi connectivity index (χ0n) is 15.1. The molecule has 2 aromatic heterocycles. The van der Waals surface area contributed by atoms with E-state index >= 15 is 0 Å². The number of nitrogens with zero attached hydrogens (tertiary/aromatic N) is 1. The van der Waals surface area contributed by atoms with Crippen molar-refractivity contribution >= 4 is 22.1 Å². The molecule has 1 atom stereocenters. The molecule has 4 aromatic rings. The van der Waals surface area contributed by atoms with E-state index in [1.807, 2.05) is 24.3 Å².